The molecule has 1 aliphatic carbocycles. The highest BCUT2D eigenvalue weighted by molar-refractivity contribution is 5.34. The van der Waals surface area contributed by atoms with Gasteiger partial charge < -0.3 is 5.32 Å². The third-order valence-electron chi connectivity index (χ3n) is 5.20. The molecule has 1 saturated heterocycles. The molecule has 1 aromatic rings. The van der Waals surface area contributed by atoms with Gasteiger partial charge in [0.25, 0.3) is 0 Å². The van der Waals surface area contributed by atoms with Crippen molar-refractivity contribution >= 4 is 0 Å². The minimum Gasteiger partial charge on any atom is -0.309 e. The molecule has 2 nitrogen and oxygen atoms in total. The van der Waals surface area contributed by atoms with Crippen molar-refractivity contribution < 1.29 is 0 Å². The first kappa shape index (κ1) is 14.1. The fourth-order valence-corrected chi connectivity index (χ4v) is 3.96. The van der Waals surface area contributed by atoms with Crippen molar-refractivity contribution in [2.45, 2.75) is 51.6 Å². The summed E-state index contributed by atoms with van der Waals surface area (Å²) in [5, 5.41) is 3.76. The molecule has 1 aliphatic heterocycles. The highest BCUT2D eigenvalue weighted by atomic mass is 15.2. The van der Waals surface area contributed by atoms with E-state index < -0.39 is 0 Å². The Labute approximate surface area is 123 Å². The van der Waals surface area contributed by atoms with E-state index in [1.807, 2.05) is 0 Å². The maximum absolute atomic E-state index is 3.76. The van der Waals surface area contributed by atoms with Crippen LogP contribution < -0.4 is 5.32 Å². The standard InChI is InChI=1S/C18H28N2/c1-3-19-18-16-7-5-4-6-15(16)8-9-17(18)20-12-10-14(2)11-13-20/h4-7,14,17-19H,3,8-13H2,1-2H3. The summed E-state index contributed by atoms with van der Waals surface area (Å²) in [5.74, 6) is 0.916. The van der Waals surface area contributed by atoms with Gasteiger partial charge in [-0.1, -0.05) is 38.1 Å². The summed E-state index contributed by atoms with van der Waals surface area (Å²) in [5.41, 5.74) is 3.10. The number of benzene rings is 1. The number of aryl methyl sites for hydroxylation is 1. The molecule has 110 valence electrons. The van der Waals surface area contributed by atoms with Gasteiger partial charge >= 0.3 is 0 Å². The van der Waals surface area contributed by atoms with Gasteiger partial charge in [-0.15, -0.1) is 0 Å². The lowest BCUT2D eigenvalue weighted by Gasteiger charge is -2.44. The van der Waals surface area contributed by atoms with Crippen LogP contribution in [0.3, 0.4) is 0 Å². The second-order valence-corrected chi connectivity index (χ2v) is 6.56. The van der Waals surface area contributed by atoms with Crippen LogP contribution in [0.2, 0.25) is 0 Å². The van der Waals surface area contributed by atoms with Crippen LogP contribution in [0.25, 0.3) is 0 Å². The molecule has 1 aromatic carbocycles. The van der Waals surface area contributed by atoms with E-state index in [1.165, 1.54) is 38.8 Å². The third kappa shape index (κ3) is 2.77. The van der Waals surface area contributed by atoms with Crippen molar-refractivity contribution in [2.24, 2.45) is 5.92 Å². The largest absolute Gasteiger partial charge is 0.309 e. The van der Waals surface area contributed by atoms with Gasteiger partial charge in [-0.2, -0.15) is 0 Å². The monoisotopic (exact) mass is 272 g/mol. The first-order chi connectivity index (χ1) is 9.79. The van der Waals surface area contributed by atoms with E-state index in [1.54, 1.807) is 11.1 Å². The van der Waals surface area contributed by atoms with E-state index in [-0.39, 0.29) is 0 Å². The van der Waals surface area contributed by atoms with Crippen LogP contribution in [0.1, 0.15) is 50.3 Å². The number of rotatable bonds is 3. The van der Waals surface area contributed by atoms with Gasteiger partial charge in [0.05, 0.1) is 0 Å². The molecule has 1 fully saturated rings. The number of hydrogen-bond acceptors (Lipinski definition) is 2. The summed E-state index contributed by atoms with van der Waals surface area (Å²) < 4.78 is 0. The lowest BCUT2D eigenvalue weighted by atomic mass is 9.82. The Kier molecular flexibility index (Phi) is 4.42. The molecule has 0 saturated carbocycles. The average Bonchev–Trinajstić information content (AvgIpc) is 2.49. The molecule has 2 unspecified atom stereocenters. The normalized spacial score (nSPS) is 28.3. The van der Waals surface area contributed by atoms with E-state index in [0.29, 0.717) is 12.1 Å². The summed E-state index contributed by atoms with van der Waals surface area (Å²) in [4.78, 5) is 2.75. The van der Waals surface area contributed by atoms with Crippen molar-refractivity contribution in [2.75, 3.05) is 19.6 Å². The molecular formula is C18H28N2. The Morgan fingerprint density at radius 1 is 1.15 bits per heavy atom. The van der Waals surface area contributed by atoms with E-state index in [4.69, 9.17) is 0 Å². The topological polar surface area (TPSA) is 15.3 Å². The van der Waals surface area contributed by atoms with Gasteiger partial charge in [0.1, 0.15) is 0 Å². The first-order valence-corrected chi connectivity index (χ1v) is 8.34. The predicted octanol–water partition coefficient (Wildman–Crippen LogP) is 3.38. The molecule has 1 N–H and O–H groups in total. The molecule has 1 heterocycles. The van der Waals surface area contributed by atoms with Crippen LogP contribution in [0.5, 0.6) is 0 Å². The summed E-state index contributed by atoms with van der Waals surface area (Å²) in [6.45, 7) is 8.26. The van der Waals surface area contributed by atoms with Gasteiger partial charge in [0, 0.05) is 12.1 Å². The maximum atomic E-state index is 3.76. The zero-order valence-corrected chi connectivity index (χ0v) is 12.9. The van der Waals surface area contributed by atoms with Crippen LogP contribution in [-0.2, 0) is 6.42 Å². The Bertz CT molecular complexity index is 435. The Morgan fingerprint density at radius 2 is 1.90 bits per heavy atom. The van der Waals surface area contributed by atoms with Gasteiger partial charge in [0.15, 0.2) is 0 Å². The van der Waals surface area contributed by atoms with E-state index in [2.05, 4.69) is 48.3 Å². The molecular weight excluding hydrogens is 244 g/mol. The summed E-state index contributed by atoms with van der Waals surface area (Å²) in [6.07, 6.45) is 5.30. The lowest BCUT2D eigenvalue weighted by molar-refractivity contribution is 0.0994. The second-order valence-electron chi connectivity index (χ2n) is 6.56. The smallest absolute Gasteiger partial charge is 0.0480 e. The third-order valence-corrected chi connectivity index (χ3v) is 5.20. The second kappa shape index (κ2) is 6.28. The fraction of sp³-hybridized carbons (Fsp3) is 0.667. The first-order valence-electron chi connectivity index (χ1n) is 8.34. The minimum absolute atomic E-state index is 0.526. The van der Waals surface area contributed by atoms with Crippen LogP contribution in [0, 0.1) is 5.92 Å². The molecule has 0 aromatic heterocycles. The highest BCUT2D eigenvalue weighted by Crippen LogP contribution is 2.34. The van der Waals surface area contributed by atoms with Gasteiger partial charge in [-0.25, -0.2) is 0 Å². The van der Waals surface area contributed by atoms with Crippen molar-refractivity contribution in [3.63, 3.8) is 0 Å². The molecule has 2 aliphatic rings. The maximum Gasteiger partial charge on any atom is 0.0480 e. The van der Waals surface area contributed by atoms with Crippen molar-refractivity contribution in [1.29, 1.82) is 0 Å². The highest BCUT2D eigenvalue weighted by Gasteiger charge is 2.34. The van der Waals surface area contributed by atoms with Crippen LogP contribution in [-0.4, -0.2) is 30.6 Å². The molecule has 2 heteroatoms. The Morgan fingerprint density at radius 3 is 2.65 bits per heavy atom. The number of likely N-dealkylation sites (tertiary alicyclic amines) is 1. The molecule has 3 rings (SSSR count). The quantitative estimate of drug-likeness (QED) is 0.907. The number of fused-ring (bicyclic) bond motifs is 1. The van der Waals surface area contributed by atoms with E-state index in [0.717, 1.165) is 12.5 Å². The van der Waals surface area contributed by atoms with E-state index in [9.17, 15) is 0 Å². The molecule has 0 amide bonds. The molecule has 2 atom stereocenters. The molecule has 0 radical (unpaired) electrons. The lowest BCUT2D eigenvalue weighted by Crippen LogP contribution is -2.49. The number of piperidine rings is 1. The van der Waals surface area contributed by atoms with Crippen LogP contribution in [0.15, 0.2) is 24.3 Å². The number of hydrogen-bond donors (Lipinski definition) is 1. The molecule has 0 bridgehead atoms. The number of likely N-dealkylation sites (N-methyl/N-ethyl adjacent to an activating group) is 1. The van der Waals surface area contributed by atoms with Crippen LogP contribution >= 0.6 is 0 Å². The number of nitrogens with one attached hydrogen (secondary N) is 1. The Hall–Kier alpha value is -0.860. The SMILES string of the molecule is CCNC1c2ccccc2CCC1N1CCC(C)CC1. The predicted molar refractivity (Wildman–Crippen MR) is 84.9 cm³/mol. The Balaban J connectivity index is 1.81. The zero-order chi connectivity index (χ0) is 13.9. The zero-order valence-electron chi connectivity index (χ0n) is 12.9. The van der Waals surface area contributed by atoms with Crippen molar-refractivity contribution in [3.05, 3.63) is 35.4 Å². The fourth-order valence-electron chi connectivity index (χ4n) is 3.96. The van der Waals surface area contributed by atoms with Crippen molar-refractivity contribution in [1.82, 2.24) is 10.2 Å². The van der Waals surface area contributed by atoms with Crippen molar-refractivity contribution in [3.8, 4) is 0 Å². The molecule has 0 spiro atoms. The molecule has 20 heavy (non-hydrogen) atoms. The van der Waals surface area contributed by atoms with Crippen LogP contribution in [0.4, 0.5) is 0 Å². The van der Waals surface area contributed by atoms with E-state index >= 15 is 0 Å². The summed E-state index contributed by atoms with van der Waals surface area (Å²) in [7, 11) is 0. The minimum atomic E-state index is 0.526. The number of nitrogens with zero attached hydrogens (tertiary/aromatic N) is 1. The average molecular weight is 272 g/mol. The summed E-state index contributed by atoms with van der Waals surface area (Å²) in [6, 6.07) is 10.3. The van der Waals surface area contributed by atoms with Gasteiger partial charge in [-0.3, -0.25) is 4.90 Å². The van der Waals surface area contributed by atoms with Gasteiger partial charge in [0.2, 0.25) is 0 Å². The summed E-state index contributed by atoms with van der Waals surface area (Å²) >= 11 is 0. The van der Waals surface area contributed by atoms with Gasteiger partial charge in [-0.05, 0) is 62.4 Å².